The summed E-state index contributed by atoms with van der Waals surface area (Å²) in [6.45, 7) is 0.231. The van der Waals surface area contributed by atoms with Gasteiger partial charge in [-0.05, 0) is 12.2 Å². The van der Waals surface area contributed by atoms with E-state index in [1.54, 1.807) is 22.9 Å². The molecule has 2 unspecified atom stereocenters. The van der Waals surface area contributed by atoms with Crippen LogP contribution >= 0.6 is 11.6 Å². The monoisotopic (exact) mass is 350 g/mol. The number of anilines is 1. The summed E-state index contributed by atoms with van der Waals surface area (Å²) in [7, 11) is 0. The SMILES string of the molecule is NC1=NC(N)C(CCNc2nc(Cl)cc3nccn23)([N+](=O)[O-])C=C1. The molecule has 2 aromatic heterocycles. The first kappa shape index (κ1) is 16.1. The largest absolute Gasteiger partial charge is 0.384 e. The van der Waals surface area contributed by atoms with Gasteiger partial charge in [0.05, 0.1) is 0 Å². The van der Waals surface area contributed by atoms with Gasteiger partial charge in [-0.3, -0.25) is 14.5 Å². The average Bonchev–Trinajstić information content (AvgIpc) is 2.97. The van der Waals surface area contributed by atoms with Crippen LogP contribution in [-0.2, 0) is 0 Å². The molecule has 3 heterocycles. The van der Waals surface area contributed by atoms with Crippen LogP contribution in [0.5, 0.6) is 0 Å². The van der Waals surface area contributed by atoms with Crippen molar-refractivity contribution in [3.05, 3.63) is 45.9 Å². The van der Waals surface area contributed by atoms with Crippen LogP contribution in [0.15, 0.2) is 35.6 Å². The Morgan fingerprint density at radius 3 is 3.04 bits per heavy atom. The Hall–Kier alpha value is -2.72. The van der Waals surface area contributed by atoms with Gasteiger partial charge in [0.2, 0.25) is 5.95 Å². The van der Waals surface area contributed by atoms with Crippen molar-refractivity contribution in [2.45, 2.75) is 18.1 Å². The van der Waals surface area contributed by atoms with Crippen LogP contribution in [0.2, 0.25) is 5.15 Å². The van der Waals surface area contributed by atoms with Crippen LogP contribution in [0.25, 0.3) is 5.65 Å². The maximum Gasteiger partial charge on any atom is 0.277 e. The summed E-state index contributed by atoms with van der Waals surface area (Å²) < 4.78 is 1.69. The second-order valence-corrected chi connectivity index (χ2v) is 5.70. The molecule has 2 atom stereocenters. The molecule has 0 spiro atoms. The lowest BCUT2D eigenvalue weighted by molar-refractivity contribution is -0.559. The number of aromatic nitrogens is 3. The third-order valence-corrected chi connectivity index (χ3v) is 4.04. The Kier molecular flexibility index (Phi) is 4.08. The van der Waals surface area contributed by atoms with Gasteiger partial charge < -0.3 is 16.8 Å². The van der Waals surface area contributed by atoms with Gasteiger partial charge >= 0.3 is 0 Å². The minimum atomic E-state index is -1.53. The molecule has 5 N–H and O–H groups in total. The molecule has 2 aromatic rings. The molecule has 0 saturated carbocycles. The smallest absolute Gasteiger partial charge is 0.277 e. The molecule has 0 radical (unpaired) electrons. The summed E-state index contributed by atoms with van der Waals surface area (Å²) in [5, 5.41) is 14.8. The van der Waals surface area contributed by atoms with Crippen LogP contribution < -0.4 is 16.8 Å². The number of nitro groups is 1. The van der Waals surface area contributed by atoms with Crippen molar-refractivity contribution in [2.24, 2.45) is 16.5 Å². The lowest BCUT2D eigenvalue weighted by Crippen LogP contribution is -2.54. The molecular formula is C13H15ClN8O2. The van der Waals surface area contributed by atoms with Crippen molar-refractivity contribution in [3.8, 4) is 0 Å². The summed E-state index contributed by atoms with van der Waals surface area (Å²) in [5.74, 6) is 0.606. The first-order valence-electron chi connectivity index (χ1n) is 7.08. The fourth-order valence-corrected chi connectivity index (χ4v) is 2.71. The Morgan fingerprint density at radius 1 is 1.54 bits per heavy atom. The summed E-state index contributed by atoms with van der Waals surface area (Å²) in [6.07, 6.45) is 5.15. The molecule has 11 heteroatoms. The summed E-state index contributed by atoms with van der Waals surface area (Å²) in [4.78, 5) is 23.3. The number of fused-ring (bicyclic) bond motifs is 1. The van der Waals surface area contributed by atoms with E-state index in [1.807, 2.05) is 0 Å². The molecule has 0 bridgehead atoms. The predicted molar refractivity (Wildman–Crippen MR) is 89.6 cm³/mol. The molecule has 126 valence electrons. The molecule has 0 amide bonds. The van der Waals surface area contributed by atoms with Crippen LogP contribution in [0.3, 0.4) is 0 Å². The summed E-state index contributed by atoms with van der Waals surface area (Å²) >= 11 is 5.95. The lowest BCUT2D eigenvalue weighted by atomic mass is 9.90. The molecule has 10 nitrogen and oxygen atoms in total. The van der Waals surface area contributed by atoms with Gasteiger partial charge in [0, 0.05) is 36.3 Å². The highest BCUT2D eigenvalue weighted by Gasteiger charge is 2.48. The zero-order valence-corrected chi connectivity index (χ0v) is 13.2. The molecule has 0 saturated heterocycles. The van der Waals surface area contributed by atoms with Gasteiger partial charge in [-0.25, -0.2) is 15.0 Å². The van der Waals surface area contributed by atoms with E-state index in [-0.39, 0.29) is 24.0 Å². The molecule has 1 aliphatic heterocycles. The van der Waals surface area contributed by atoms with E-state index in [4.69, 9.17) is 23.1 Å². The first-order valence-corrected chi connectivity index (χ1v) is 7.46. The Balaban J connectivity index is 1.78. The van der Waals surface area contributed by atoms with Crippen LogP contribution in [0.4, 0.5) is 5.95 Å². The van der Waals surface area contributed by atoms with Crippen molar-refractivity contribution in [1.82, 2.24) is 14.4 Å². The number of dihydropyridines is 1. The van der Waals surface area contributed by atoms with Gasteiger partial charge in [-0.15, -0.1) is 0 Å². The van der Waals surface area contributed by atoms with E-state index in [9.17, 15) is 10.1 Å². The predicted octanol–water partition coefficient (Wildman–Crippen LogP) is 0.412. The number of aliphatic imine (C=N–C) groups is 1. The normalized spacial score (nSPS) is 23.2. The fourth-order valence-electron chi connectivity index (χ4n) is 2.53. The molecular weight excluding hydrogens is 336 g/mol. The molecule has 3 rings (SSSR count). The second kappa shape index (κ2) is 6.06. The van der Waals surface area contributed by atoms with Crippen molar-refractivity contribution >= 4 is 29.0 Å². The Morgan fingerprint density at radius 2 is 2.33 bits per heavy atom. The van der Waals surface area contributed by atoms with E-state index < -0.39 is 16.6 Å². The number of rotatable bonds is 5. The topological polar surface area (TPSA) is 150 Å². The van der Waals surface area contributed by atoms with Crippen molar-refractivity contribution < 1.29 is 4.92 Å². The number of imidazole rings is 1. The van der Waals surface area contributed by atoms with E-state index in [1.165, 1.54) is 12.2 Å². The van der Waals surface area contributed by atoms with Crippen LogP contribution in [-0.4, -0.2) is 43.4 Å². The third kappa shape index (κ3) is 2.76. The highest BCUT2D eigenvalue weighted by atomic mass is 35.5. The number of hydrogen-bond acceptors (Lipinski definition) is 8. The maximum absolute atomic E-state index is 11.5. The quantitative estimate of drug-likeness (QED) is 0.401. The van der Waals surface area contributed by atoms with E-state index in [0.29, 0.717) is 11.6 Å². The number of nitrogens with one attached hydrogen (secondary N) is 1. The fraction of sp³-hybridized carbons (Fsp3) is 0.308. The highest BCUT2D eigenvalue weighted by Crippen LogP contribution is 2.25. The Bertz CT molecular complexity index is 848. The van der Waals surface area contributed by atoms with Crippen molar-refractivity contribution in [1.29, 1.82) is 0 Å². The van der Waals surface area contributed by atoms with E-state index in [0.717, 1.165) is 0 Å². The molecule has 0 fully saturated rings. The minimum absolute atomic E-state index is 0.0961. The number of nitrogens with two attached hydrogens (primary N) is 2. The van der Waals surface area contributed by atoms with Gasteiger partial charge in [0.15, 0.2) is 6.17 Å². The van der Waals surface area contributed by atoms with Gasteiger partial charge in [0.25, 0.3) is 5.54 Å². The van der Waals surface area contributed by atoms with E-state index in [2.05, 4.69) is 20.3 Å². The van der Waals surface area contributed by atoms with Crippen molar-refractivity contribution in [3.63, 3.8) is 0 Å². The van der Waals surface area contributed by atoms with Crippen LogP contribution in [0, 0.1) is 10.1 Å². The molecule has 0 aromatic carbocycles. The number of halogens is 1. The second-order valence-electron chi connectivity index (χ2n) is 5.32. The van der Waals surface area contributed by atoms with Gasteiger partial charge in [-0.2, -0.15) is 0 Å². The third-order valence-electron chi connectivity index (χ3n) is 3.85. The summed E-state index contributed by atoms with van der Waals surface area (Å²) in [5.41, 5.74) is 10.5. The Labute approximate surface area is 141 Å². The van der Waals surface area contributed by atoms with E-state index >= 15 is 0 Å². The van der Waals surface area contributed by atoms with Gasteiger partial charge in [0.1, 0.15) is 16.6 Å². The van der Waals surface area contributed by atoms with Crippen molar-refractivity contribution in [2.75, 3.05) is 11.9 Å². The van der Waals surface area contributed by atoms with Crippen LogP contribution in [0.1, 0.15) is 6.42 Å². The lowest BCUT2D eigenvalue weighted by Gasteiger charge is -2.28. The number of hydrogen-bond donors (Lipinski definition) is 3. The molecule has 0 aliphatic carbocycles. The first-order chi connectivity index (χ1) is 11.4. The number of nitrogens with zero attached hydrogens (tertiary/aromatic N) is 5. The number of amidine groups is 1. The zero-order chi connectivity index (χ0) is 17.3. The summed E-state index contributed by atoms with van der Waals surface area (Å²) in [6, 6.07) is 1.61. The highest BCUT2D eigenvalue weighted by molar-refractivity contribution is 6.29. The average molecular weight is 351 g/mol. The standard InChI is InChI=1S/C13H15ClN8O2/c14-8-7-10-17-5-6-21(10)12(19-8)18-4-3-13(22(23)24)2-1-9(15)20-11(13)16/h1-2,5-7,11H,3-4,16H2,(H2,15,20)(H,18,19). The molecule has 24 heavy (non-hydrogen) atoms. The maximum atomic E-state index is 11.5. The zero-order valence-electron chi connectivity index (χ0n) is 12.5. The minimum Gasteiger partial charge on any atom is -0.384 e. The molecule has 1 aliphatic rings. The van der Waals surface area contributed by atoms with Gasteiger partial charge in [-0.1, -0.05) is 11.6 Å².